The van der Waals surface area contributed by atoms with Crippen molar-refractivity contribution in [2.45, 2.75) is 19.4 Å². The highest BCUT2D eigenvalue weighted by molar-refractivity contribution is 5.89. The minimum absolute atomic E-state index is 0.144. The van der Waals surface area contributed by atoms with Crippen LogP contribution in [0.4, 0.5) is 14.9 Å². The largest absolute Gasteiger partial charge is 0.335 e. The molecule has 0 bridgehead atoms. The molecule has 1 N–H and O–H groups in total. The summed E-state index contributed by atoms with van der Waals surface area (Å²) in [6, 6.07) is 1.12. The third-order valence-corrected chi connectivity index (χ3v) is 3.94. The van der Waals surface area contributed by atoms with Gasteiger partial charge in [-0.15, -0.1) is 0 Å². The lowest BCUT2D eigenvalue weighted by Gasteiger charge is -2.27. The molecule has 3 heterocycles. The number of amides is 2. The third kappa shape index (κ3) is 3.08. The van der Waals surface area contributed by atoms with Crippen molar-refractivity contribution < 1.29 is 9.18 Å². The number of urea groups is 1. The van der Waals surface area contributed by atoms with Crippen molar-refractivity contribution in [1.29, 1.82) is 0 Å². The minimum atomic E-state index is -0.538. The highest BCUT2D eigenvalue weighted by Crippen LogP contribution is 2.20. The van der Waals surface area contributed by atoms with Crippen LogP contribution in [0.2, 0.25) is 0 Å². The Labute approximate surface area is 128 Å². The van der Waals surface area contributed by atoms with Gasteiger partial charge in [0.05, 0.1) is 11.9 Å². The van der Waals surface area contributed by atoms with Crippen LogP contribution in [0.3, 0.4) is 0 Å². The van der Waals surface area contributed by atoms with E-state index in [0.29, 0.717) is 12.5 Å². The fourth-order valence-corrected chi connectivity index (χ4v) is 2.73. The van der Waals surface area contributed by atoms with Gasteiger partial charge in [0.15, 0.2) is 5.82 Å². The highest BCUT2D eigenvalue weighted by Gasteiger charge is 2.22. The molecule has 1 atom stereocenters. The van der Waals surface area contributed by atoms with Gasteiger partial charge in [0.2, 0.25) is 0 Å². The number of hydrogen-bond donors (Lipinski definition) is 1. The zero-order valence-electron chi connectivity index (χ0n) is 12.4. The number of rotatable bonds is 3. The van der Waals surface area contributed by atoms with Crippen molar-refractivity contribution in [3.63, 3.8) is 0 Å². The molecule has 0 aromatic carbocycles. The summed E-state index contributed by atoms with van der Waals surface area (Å²) in [5.41, 5.74) is 0.144. The Morgan fingerprint density at radius 3 is 3.23 bits per heavy atom. The van der Waals surface area contributed by atoms with E-state index in [-0.39, 0.29) is 11.7 Å². The Balaban J connectivity index is 1.57. The maximum atomic E-state index is 13.5. The number of hydrogen-bond acceptors (Lipinski definition) is 3. The van der Waals surface area contributed by atoms with Crippen molar-refractivity contribution >= 4 is 11.7 Å². The second-order valence-corrected chi connectivity index (χ2v) is 5.56. The Hall–Kier alpha value is -2.44. The van der Waals surface area contributed by atoms with Gasteiger partial charge in [-0.2, -0.15) is 0 Å². The molecule has 1 aliphatic rings. The molecule has 2 aromatic rings. The van der Waals surface area contributed by atoms with Gasteiger partial charge < -0.3 is 14.8 Å². The van der Waals surface area contributed by atoms with E-state index in [1.807, 2.05) is 6.20 Å². The van der Waals surface area contributed by atoms with E-state index in [4.69, 9.17) is 0 Å². The predicted molar refractivity (Wildman–Crippen MR) is 79.9 cm³/mol. The Kier molecular flexibility index (Phi) is 4.04. The monoisotopic (exact) mass is 303 g/mol. The predicted octanol–water partition coefficient (Wildman–Crippen LogP) is 2.14. The van der Waals surface area contributed by atoms with Crippen LogP contribution >= 0.6 is 0 Å². The third-order valence-electron chi connectivity index (χ3n) is 3.94. The smallest absolute Gasteiger partial charge is 0.321 e. The molecule has 2 amide bonds. The molecule has 22 heavy (non-hydrogen) atoms. The number of fused-ring (bicyclic) bond motifs is 1. The van der Waals surface area contributed by atoms with Crippen LogP contribution in [0.15, 0.2) is 30.9 Å². The van der Waals surface area contributed by atoms with Gasteiger partial charge in [0.25, 0.3) is 0 Å². The summed E-state index contributed by atoms with van der Waals surface area (Å²) in [6.45, 7) is 1.54. The number of aromatic nitrogens is 3. The molecule has 7 heteroatoms. The quantitative estimate of drug-likeness (QED) is 0.945. The number of anilines is 1. The normalized spacial score (nSPS) is 16.9. The fraction of sp³-hybridized carbons (Fsp3) is 0.400. The molecule has 0 spiro atoms. The summed E-state index contributed by atoms with van der Waals surface area (Å²) in [5, 5.41) is 2.56. The van der Waals surface area contributed by atoms with Crippen LogP contribution in [-0.2, 0) is 13.0 Å². The summed E-state index contributed by atoms with van der Waals surface area (Å²) in [4.78, 5) is 21.7. The maximum absolute atomic E-state index is 13.5. The van der Waals surface area contributed by atoms with Crippen molar-refractivity contribution in [3.8, 4) is 0 Å². The second kappa shape index (κ2) is 6.13. The number of nitrogens with zero attached hydrogens (tertiary/aromatic N) is 4. The van der Waals surface area contributed by atoms with Crippen LogP contribution in [0, 0.1) is 11.7 Å². The van der Waals surface area contributed by atoms with Gasteiger partial charge in [0, 0.05) is 45.1 Å². The lowest BCUT2D eigenvalue weighted by molar-refractivity contribution is 0.207. The number of nitrogens with one attached hydrogen (secondary N) is 1. The van der Waals surface area contributed by atoms with Gasteiger partial charge >= 0.3 is 6.03 Å². The van der Waals surface area contributed by atoms with E-state index >= 15 is 0 Å². The molecule has 0 radical (unpaired) electrons. The Morgan fingerprint density at radius 2 is 2.41 bits per heavy atom. The van der Waals surface area contributed by atoms with E-state index in [2.05, 4.69) is 19.9 Å². The molecule has 0 fully saturated rings. The van der Waals surface area contributed by atoms with Gasteiger partial charge in [-0.1, -0.05) is 0 Å². The standard InChI is InChI=1S/C15H18FN5O/c1-20(15(22)19-13-2-4-17-9-12(13)16)10-11-3-6-21-7-5-18-14(21)8-11/h2,4-5,7,9,11H,3,6,8,10H2,1H3,(H,17,19,22)/t11-/m1/s1. The molecule has 0 unspecified atom stereocenters. The van der Waals surface area contributed by atoms with E-state index < -0.39 is 5.82 Å². The van der Waals surface area contributed by atoms with Gasteiger partial charge in [-0.25, -0.2) is 14.2 Å². The minimum Gasteiger partial charge on any atom is -0.335 e. The van der Waals surface area contributed by atoms with E-state index in [9.17, 15) is 9.18 Å². The van der Waals surface area contributed by atoms with E-state index in [0.717, 1.165) is 31.4 Å². The fourth-order valence-electron chi connectivity index (χ4n) is 2.73. The second-order valence-electron chi connectivity index (χ2n) is 5.56. The van der Waals surface area contributed by atoms with Crippen LogP contribution in [0.1, 0.15) is 12.2 Å². The zero-order chi connectivity index (χ0) is 15.5. The summed E-state index contributed by atoms with van der Waals surface area (Å²) >= 11 is 0. The lowest BCUT2D eigenvalue weighted by Crippen LogP contribution is -2.37. The Morgan fingerprint density at radius 1 is 1.55 bits per heavy atom. The van der Waals surface area contributed by atoms with Crippen molar-refractivity contribution in [1.82, 2.24) is 19.4 Å². The Bertz CT molecular complexity index is 671. The molecular weight excluding hydrogens is 285 g/mol. The van der Waals surface area contributed by atoms with Crippen molar-refractivity contribution in [3.05, 3.63) is 42.5 Å². The molecule has 0 saturated heterocycles. The summed E-state index contributed by atoms with van der Waals surface area (Å²) < 4.78 is 15.6. The first-order chi connectivity index (χ1) is 10.6. The number of halogens is 1. The highest BCUT2D eigenvalue weighted by atomic mass is 19.1. The molecule has 0 saturated carbocycles. The lowest BCUT2D eigenvalue weighted by atomic mass is 9.97. The van der Waals surface area contributed by atoms with E-state index in [1.54, 1.807) is 18.1 Å². The number of imidazole rings is 1. The number of pyridine rings is 1. The molecule has 6 nitrogen and oxygen atoms in total. The van der Waals surface area contributed by atoms with Crippen LogP contribution in [-0.4, -0.2) is 39.1 Å². The molecule has 2 aromatic heterocycles. The molecule has 3 rings (SSSR count). The number of aryl methyl sites for hydroxylation is 1. The zero-order valence-corrected chi connectivity index (χ0v) is 12.4. The van der Waals surface area contributed by atoms with Crippen LogP contribution in [0.25, 0.3) is 0 Å². The van der Waals surface area contributed by atoms with Crippen LogP contribution in [0.5, 0.6) is 0 Å². The molecule has 1 aliphatic heterocycles. The summed E-state index contributed by atoms with van der Waals surface area (Å²) in [5.74, 6) is 0.891. The molecule has 116 valence electrons. The summed E-state index contributed by atoms with van der Waals surface area (Å²) in [6.07, 6.45) is 8.17. The summed E-state index contributed by atoms with van der Waals surface area (Å²) in [7, 11) is 1.72. The average Bonchev–Trinajstić information content (AvgIpc) is 2.97. The first kappa shape index (κ1) is 14.5. The SMILES string of the molecule is CN(C[C@@H]1CCn2ccnc2C1)C(=O)Nc1ccncc1F. The van der Waals surface area contributed by atoms with Gasteiger partial charge in [-0.3, -0.25) is 4.98 Å². The molecular formula is C15H18FN5O. The maximum Gasteiger partial charge on any atom is 0.321 e. The topological polar surface area (TPSA) is 63.1 Å². The van der Waals surface area contributed by atoms with Gasteiger partial charge in [-0.05, 0) is 18.4 Å². The van der Waals surface area contributed by atoms with E-state index in [1.165, 1.54) is 12.3 Å². The van der Waals surface area contributed by atoms with Gasteiger partial charge in [0.1, 0.15) is 5.82 Å². The first-order valence-corrected chi connectivity index (χ1v) is 7.25. The van der Waals surface area contributed by atoms with Crippen LogP contribution < -0.4 is 5.32 Å². The number of carbonyl (C=O) groups excluding carboxylic acids is 1. The number of carbonyl (C=O) groups is 1. The average molecular weight is 303 g/mol. The van der Waals surface area contributed by atoms with Crippen molar-refractivity contribution in [2.24, 2.45) is 5.92 Å². The molecule has 0 aliphatic carbocycles. The first-order valence-electron chi connectivity index (χ1n) is 7.25. The van der Waals surface area contributed by atoms with Crippen molar-refractivity contribution in [2.75, 3.05) is 18.9 Å².